The van der Waals surface area contributed by atoms with Crippen molar-refractivity contribution < 1.29 is 28.6 Å². The van der Waals surface area contributed by atoms with Crippen molar-refractivity contribution in [3.63, 3.8) is 0 Å². The molecule has 0 spiro atoms. The summed E-state index contributed by atoms with van der Waals surface area (Å²) in [6, 6.07) is 0. The summed E-state index contributed by atoms with van der Waals surface area (Å²) in [6.07, 6.45) is 58.3. The standard InChI is InChI=1S/C54H96O6/c1-4-7-10-13-16-18-20-22-24-26-27-29-30-32-34-36-38-41-44-47-53(56)59-50-51(49-58-52(55)46-43-40-15-12-9-6-3)60-54(57)48-45-42-39-37-35-33-31-28-25-23-21-19-17-14-11-8-5-2/h16-19,22-25,51H,4-15,20-21,26-50H2,1-3H3/b18-16-,19-17-,24-22-,25-23-. The molecule has 0 aliphatic rings. The highest BCUT2D eigenvalue weighted by atomic mass is 16.6. The maximum absolute atomic E-state index is 12.7. The van der Waals surface area contributed by atoms with Gasteiger partial charge in [-0.05, 0) is 83.5 Å². The van der Waals surface area contributed by atoms with Crippen molar-refractivity contribution in [2.75, 3.05) is 13.2 Å². The third-order valence-corrected chi connectivity index (χ3v) is 11.1. The lowest BCUT2D eigenvalue weighted by molar-refractivity contribution is -0.167. The molecule has 0 aromatic rings. The Kier molecular flexibility index (Phi) is 46.9. The van der Waals surface area contributed by atoms with E-state index in [1.165, 1.54) is 141 Å². The first-order valence-electron chi connectivity index (χ1n) is 25.6. The lowest BCUT2D eigenvalue weighted by Crippen LogP contribution is -2.30. The number of carbonyl (C=O) groups is 3. The summed E-state index contributed by atoms with van der Waals surface area (Å²) in [5, 5.41) is 0. The molecular formula is C54H96O6. The molecule has 0 rings (SSSR count). The normalized spacial score (nSPS) is 12.4. The number of esters is 3. The van der Waals surface area contributed by atoms with Crippen LogP contribution in [0.15, 0.2) is 48.6 Å². The number of unbranched alkanes of at least 4 members (excludes halogenated alkanes) is 27. The van der Waals surface area contributed by atoms with Gasteiger partial charge in [0.1, 0.15) is 13.2 Å². The number of rotatable bonds is 46. The first-order valence-corrected chi connectivity index (χ1v) is 25.6. The van der Waals surface area contributed by atoms with Crippen LogP contribution in [-0.4, -0.2) is 37.2 Å². The first-order chi connectivity index (χ1) is 29.5. The molecule has 0 radical (unpaired) electrons. The minimum absolute atomic E-state index is 0.0772. The molecule has 1 atom stereocenters. The minimum atomic E-state index is -0.774. The lowest BCUT2D eigenvalue weighted by Gasteiger charge is -2.18. The Morgan fingerprint density at radius 2 is 0.600 bits per heavy atom. The van der Waals surface area contributed by atoms with Gasteiger partial charge in [0.25, 0.3) is 0 Å². The van der Waals surface area contributed by atoms with Crippen molar-refractivity contribution in [3.8, 4) is 0 Å². The molecule has 0 amide bonds. The number of allylic oxidation sites excluding steroid dienone is 8. The highest BCUT2D eigenvalue weighted by Gasteiger charge is 2.19. The van der Waals surface area contributed by atoms with E-state index in [1.807, 2.05) is 0 Å². The second-order valence-corrected chi connectivity index (χ2v) is 17.1. The van der Waals surface area contributed by atoms with E-state index in [0.29, 0.717) is 19.3 Å². The van der Waals surface area contributed by atoms with Gasteiger partial charge in [-0.3, -0.25) is 14.4 Å². The Morgan fingerprint density at radius 1 is 0.333 bits per heavy atom. The topological polar surface area (TPSA) is 78.9 Å². The molecule has 0 heterocycles. The summed E-state index contributed by atoms with van der Waals surface area (Å²) in [5.41, 5.74) is 0. The second kappa shape index (κ2) is 49.0. The van der Waals surface area contributed by atoms with Crippen molar-refractivity contribution >= 4 is 17.9 Å². The van der Waals surface area contributed by atoms with Crippen LogP contribution in [0.1, 0.15) is 258 Å². The quantitative estimate of drug-likeness (QED) is 0.0263. The van der Waals surface area contributed by atoms with Crippen LogP contribution in [0.5, 0.6) is 0 Å². The average molecular weight is 841 g/mol. The predicted octanol–water partition coefficient (Wildman–Crippen LogP) is 16.7. The maximum atomic E-state index is 12.7. The van der Waals surface area contributed by atoms with Gasteiger partial charge in [0.2, 0.25) is 0 Å². The van der Waals surface area contributed by atoms with Gasteiger partial charge in [-0.2, -0.15) is 0 Å². The maximum Gasteiger partial charge on any atom is 0.306 e. The molecule has 0 saturated carbocycles. The van der Waals surface area contributed by atoms with Crippen LogP contribution in [0, 0.1) is 0 Å². The monoisotopic (exact) mass is 841 g/mol. The molecule has 0 fully saturated rings. The molecule has 6 nitrogen and oxygen atoms in total. The summed E-state index contributed by atoms with van der Waals surface area (Å²) in [5.74, 6) is -0.893. The fraction of sp³-hybridized carbons (Fsp3) is 0.796. The lowest BCUT2D eigenvalue weighted by atomic mass is 10.1. The van der Waals surface area contributed by atoms with Crippen molar-refractivity contribution in [2.24, 2.45) is 0 Å². The van der Waals surface area contributed by atoms with Gasteiger partial charge < -0.3 is 14.2 Å². The molecule has 0 N–H and O–H groups in total. The van der Waals surface area contributed by atoms with E-state index in [4.69, 9.17) is 14.2 Å². The number of hydrogen-bond donors (Lipinski definition) is 0. The van der Waals surface area contributed by atoms with Crippen LogP contribution in [0.2, 0.25) is 0 Å². The molecule has 60 heavy (non-hydrogen) atoms. The molecule has 0 aliphatic heterocycles. The Morgan fingerprint density at radius 3 is 0.950 bits per heavy atom. The Balaban J connectivity index is 4.22. The molecule has 0 bridgehead atoms. The van der Waals surface area contributed by atoms with Crippen LogP contribution >= 0.6 is 0 Å². The van der Waals surface area contributed by atoms with E-state index < -0.39 is 6.10 Å². The average Bonchev–Trinajstić information content (AvgIpc) is 3.24. The minimum Gasteiger partial charge on any atom is -0.462 e. The molecule has 348 valence electrons. The summed E-state index contributed by atoms with van der Waals surface area (Å²) in [7, 11) is 0. The molecule has 1 unspecified atom stereocenters. The number of ether oxygens (including phenoxy) is 3. The zero-order valence-corrected chi connectivity index (χ0v) is 39.7. The third kappa shape index (κ3) is 46.4. The van der Waals surface area contributed by atoms with Gasteiger partial charge in [0.05, 0.1) is 0 Å². The van der Waals surface area contributed by atoms with E-state index in [0.717, 1.165) is 77.0 Å². The number of hydrogen-bond acceptors (Lipinski definition) is 6. The Labute approximate surface area is 371 Å². The first kappa shape index (κ1) is 57.4. The number of carbonyl (C=O) groups excluding carboxylic acids is 3. The van der Waals surface area contributed by atoms with Crippen molar-refractivity contribution in [1.29, 1.82) is 0 Å². The SMILES string of the molecule is CCCCC/C=C\C/C=C\CCCCCCCCCCCC(=O)OCC(COC(=O)CCCCCCCC)OC(=O)CCCCCCCCC/C=C\C/C=C\CCCCC. The highest BCUT2D eigenvalue weighted by molar-refractivity contribution is 5.71. The van der Waals surface area contributed by atoms with Crippen molar-refractivity contribution in [3.05, 3.63) is 48.6 Å². The highest BCUT2D eigenvalue weighted by Crippen LogP contribution is 2.15. The van der Waals surface area contributed by atoms with Crippen LogP contribution < -0.4 is 0 Å². The Hall–Kier alpha value is -2.63. The zero-order valence-electron chi connectivity index (χ0n) is 39.7. The summed E-state index contributed by atoms with van der Waals surface area (Å²) in [4.78, 5) is 37.7. The predicted molar refractivity (Wildman–Crippen MR) is 256 cm³/mol. The van der Waals surface area contributed by atoms with Gasteiger partial charge in [-0.1, -0.05) is 204 Å². The second-order valence-electron chi connectivity index (χ2n) is 17.1. The van der Waals surface area contributed by atoms with Gasteiger partial charge in [-0.15, -0.1) is 0 Å². The van der Waals surface area contributed by atoms with E-state index in [2.05, 4.69) is 69.4 Å². The summed E-state index contributed by atoms with van der Waals surface area (Å²) in [6.45, 7) is 6.53. The van der Waals surface area contributed by atoms with Crippen molar-refractivity contribution in [2.45, 2.75) is 264 Å². The zero-order chi connectivity index (χ0) is 43.7. The fourth-order valence-corrected chi connectivity index (χ4v) is 7.15. The molecule has 0 aromatic heterocycles. The van der Waals surface area contributed by atoms with E-state index >= 15 is 0 Å². The molecular weight excluding hydrogens is 745 g/mol. The molecule has 6 heteroatoms. The van der Waals surface area contributed by atoms with Crippen LogP contribution in [0.4, 0.5) is 0 Å². The van der Waals surface area contributed by atoms with E-state index in [-0.39, 0.29) is 31.1 Å². The van der Waals surface area contributed by atoms with Crippen LogP contribution in [-0.2, 0) is 28.6 Å². The van der Waals surface area contributed by atoms with Gasteiger partial charge in [0.15, 0.2) is 6.10 Å². The molecule has 0 saturated heterocycles. The molecule has 0 aliphatic carbocycles. The third-order valence-electron chi connectivity index (χ3n) is 11.1. The van der Waals surface area contributed by atoms with Gasteiger partial charge in [-0.25, -0.2) is 0 Å². The van der Waals surface area contributed by atoms with Gasteiger partial charge in [0, 0.05) is 19.3 Å². The van der Waals surface area contributed by atoms with E-state index in [1.54, 1.807) is 0 Å². The smallest absolute Gasteiger partial charge is 0.306 e. The van der Waals surface area contributed by atoms with Crippen LogP contribution in [0.3, 0.4) is 0 Å². The van der Waals surface area contributed by atoms with Crippen LogP contribution in [0.25, 0.3) is 0 Å². The largest absolute Gasteiger partial charge is 0.462 e. The van der Waals surface area contributed by atoms with E-state index in [9.17, 15) is 14.4 Å². The fourth-order valence-electron chi connectivity index (χ4n) is 7.15. The summed E-state index contributed by atoms with van der Waals surface area (Å²) < 4.78 is 16.7. The molecule has 0 aromatic carbocycles. The Bertz CT molecular complexity index is 1060. The summed E-state index contributed by atoms with van der Waals surface area (Å²) >= 11 is 0. The van der Waals surface area contributed by atoms with Crippen molar-refractivity contribution in [1.82, 2.24) is 0 Å². The van der Waals surface area contributed by atoms with Gasteiger partial charge >= 0.3 is 17.9 Å².